The number of esters is 1. The molecule has 0 unspecified atom stereocenters. The Morgan fingerprint density at radius 1 is 0.762 bits per heavy atom. The molecule has 0 aliphatic heterocycles. The minimum absolute atomic E-state index is 0.0803. The van der Waals surface area contributed by atoms with Gasteiger partial charge in [0.1, 0.15) is 0 Å². The van der Waals surface area contributed by atoms with Gasteiger partial charge in [-0.2, -0.15) is 0 Å². The highest BCUT2D eigenvalue weighted by atomic mass is 16.5. The molecule has 0 aliphatic carbocycles. The molecule has 2 heteroatoms. The summed E-state index contributed by atoms with van der Waals surface area (Å²) in [6.45, 7) is 2.24. The van der Waals surface area contributed by atoms with Crippen LogP contribution in [0.5, 0.6) is 0 Å². The van der Waals surface area contributed by atoms with Gasteiger partial charge in [-0.15, -0.1) is 11.8 Å². The van der Waals surface area contributed by atoms with Crippen LogP contribution in [-0.2, 0) is 9.53 Å². The van der Waals surface area contributed by atoms with E-state index >= 15 is 0 Å². The number of unbranched alkanes of at least 4 members (excludes halogenated alkanes) is 11. The minimum Gasteiger partial charge on any atom is -0.469 e. The molecule has 0 bridgehead atoms. The fraction of sp³-hybridized carbons (Fsp3) is 0.842. The molecule has 0 aromatic rings. The van der Waals surface area contributed by atoms with Crippen LogP contribution in [0.1, 0.15) is 96.8 Å². The number of hydrogen-bond donors (Lipinski definition) is 0. The van der Waals surface area contributed by atoms with E-state index in [1.54, 1.807) is 0 Å². The van der Waals surface area contributed by atoms with E-state index in [1.807, 2.05) is 0 Å². The van der Waals surface area contributed by atoms with Crippen LogP contribution in [0.3, 0.4) is 0 Å². The molecule has 2 nitrogen and oxygen atoms in total. The van der Waals surface area contributed by atoms with Crippen molar-refractivity contribution in [2.24, 2.45) is 0 Å². The van der Waals surface area contributed by atoms with Gasteiger partial charge < -0.3 is 4.74 Å². The summed E-state index contributed by atoms with van der Waals surface area (Å²) in [7, 11) is 1.45. The van der Waals surface area contributed by atoms with Crippen molar-refractivity contribution in [3.8, 4) is 11.8 Å². The van der Waals surface area contributed by atoms with E-state index in [4.69, 9.17) is 0 Å². The molecule has 0 heterocycles. The summed E-state index contributed by atoms with van der Waals surface area (Å²) in [6.07, 6.45) is 16.4. The number of carbonyl (C=O) groups is 1. The Morgan fingerprint density at radius 3 is 1.76 bits per heavy atom. The summed E-state index contributed by atoms with van der Waals surface area (Å²) in [6, 6.07) is 0. The number of methoxy groups -OCH3 is 1. The van der Waals surface area contributed by atoms with Crippen molar-refractivity contribution in [2.45, 2.75) is 96.8 Å². The highest BCUT2D eigenvalue weighted by Gasteiger charge is 1.98. The lowest BCUT2D eigenvalue weighted by Gasteiger charge is -2.00. The molecule has 0 radical (unpaired) electrons. The average molecular weight is 294 g/mol. The van der Waals surface area contributed by atoms with Crippen LogP contribution >= 0.6 is 0 Å². The van der Waals surface area contributed by atoms with Crippen molar-refractivity contribution in [1.82, 2.24) is 0 Å². The van der Waals surface area contributed by atoms with Gasteiger partial charge in [-0.3, -0.25) is 4.79 Å². The van der Waals surface area contributed by atoms with Gasteiger partial charge >= 0.3 is 5.97 Å². The lowest BCUT2D eigenvalue weighted by atomic mass is 10.1. The second kappa shape index (κ2) is 17.1. The van der Waals surface area contributed by atoms with Gasteiger partial charge in [0.05, 0.1) is 7.11 Å². The molecule has 0 atom stereocenters. The minimum atomic E-state index is -0.0803. The molecule has 0 aromatic heterocycles. The highest BCUT2D eigenvalue weighted by Crippen LogP contribution is 2.09. The quantitative estimate of drug-likeness (QED) is 0.249. The Balaban J connectivity index is 3.12. The normalized spacial score (nSPS) is 10.0. The molecule has 21 heavy (non-hydrogen) atoms. The van der Waals surface area contributed by atoms with Crippen LogP contribution in [-0.4, -0.2) is 13.1 Å². The molecule has 0 amide bonds. The summed E-state index contributed by atoms with van der Waals surface area (Å²) < 4.78 is 4.62. The predicted octanol–water partition coefficient (Wildman–Crippen LogP) is 5.64. The molecule has 0 aliphatic rings. The summed E-state index contributed by atoms with van der Waals surface area (Å²) >= 11 is 0. The molecule has 0 fully saturated rings. The van der Waals surface area contributed by atoms with Crippen molar-refractivity contribution < 1.29 is 9.53 Å². The Kier molecular flexibility index (Phi) is 16.3. The van der Waals surface area contributed by atoms with E-state index in [1.165, 1.54) is 64.9 Å². The lowest BCUT2D eigenvalue weighted by Crippen LogP contribution is -1.99. The largest absolute Gasteiger partial charge is 0.469 e. The molecule has 0 saturated heterocycles. The van der Waals surface area contributed by atoms with Crippen LogP contribution in [0.15, 0.2) is 0 Å². The average Bonchev–Trinajstić information content (AvgIpc) is 2.50. The van der Waals surface area contributed by atoms with Crippen molar-refractivity contribution >= 4 is 5.97 Å². The first-order valence-electron chi connectivity index (χ1n) is 8.83. The number of hydrogen-bond acceptors (Lipinski definition) is 2. The molecule has 0 N–H and O–H groups in total. The van der Waals surface area contributed by atoms with E-state index < -0.39 is 0 Å². The summed E-state index contributed by atoms with van der Waals surface area (Å²) in [4.78, 5) is 10.9. The maximum atomic E-state index is 10.9. The van der Waals surface area contributed by atoms with Gasteiger partial charge in [0.25, 0.3) is 0 Å². The fourth-order valence-corrected chi connectivity index (χ4v) is 2.29. The topological polar surface area (TPSA) is 26.3 Å². The third-order valence-electron chi connectivity index (χ3n) is 3.69. The fourth-order valence-electron chi connectivity index (χ4n) is 2.29. The van der Waals surface area contributed by atoms with Crippen molar-refractivity contribution in [1.29, 1.82) is 0 Å². The van der Waals surface area contributed by atoms with E-state index in [-0.39, 0.29) is 5.97 Å². The van der Waals surface area contributed by atoms with Crippen LogP contribution in [0, 0.1) is 11.8 Å². The smallest absolute Gasteiger partial charge is 0.305 e. The van der Waals surface area contributed by atoms with Crippen LogP contribution < -0.4 is 0 Å². The van der Waals surface area contributed by atoms with E-state index in [0.29, 0.717) is 6.42 Å². The molecule has 122 valence electrons. The number of carbonyl (C=O) groups excluding carboxylic acids is 1. The molecule has 0 rings (SSSR count). The van der Waals surface area contributed by atoms with Crippen LogP contribution in [0.25, 0.3) is 0 Å². The van der Waals surface area contributed by atoms with Crippen molar-refractivity contribution in [3.05, 3.63) is 0 Å². The second-order valence-corrected chi connectivity index (χ2v) is 5.72. The molecular weight excluding hydrogens is 260 g/mol. The first kappa shape index (κ1) is 20.0. The molecule has 0 aromatic carbocycles. The third-order valence-corrected chi connectivity index (χ3v) is 3.69. The van der Waals surface area contributed by atoms with Gasteiger partial charge in [-0.05, 0) is 19.3 Å². The summed E-state index contributed by atoms with van der Waals surface area (Å²) in [5.41, 5.74) is 0. The van der Waals surface area contributed by atoms with Gasteiger partial charge in [0.15, 0.2) is 0 Å². The highest BCUT2D eigenvalue weighted by molar-refractivity contribution is 5.68. The van der Waals surface area contributed by atoms with E-state index in [9.17, 15) is 4.79 Å². The predicted molar refractivity (Wildman–Crippen MR) is 90.1 cm³/mol. The van der Waals surface area contributed by atoms with Gasteiger partial charge in [-0.1, -0.05) is 58.3 Å². The van der Waals surface area contributed by atoms with Crippen molar-refractivity contribution in [2.75, 3.05) is 7.11 Å². The maximum absolute atomic E-state index is 10.9. The van der Waals surface area contributed by atoms with Gasteiger partial charge in [0, 0.05) is 19.3 Å². The van der Waals surface area contributed by atoms with Crippen molar-refractivity contribution in [3.63, 3.8) is 0 Å². The standard InChI is InChI=1S/C19H34O2/c1-3-4-5-6-7-8-9-10-11-12-13-14-15-16-17-18-19(20)21-2/h3-7,10-18H2,1-2H3. The zero-order chi connectivity index (χ0) is 15.6. The number of rotatable bonds is 13. The molecular formula is C19H34O2. The number of ether oxygens (including phenoxy) is 1. The summed E-state index contributed by atoms with van der Waals surface area (Å²) in [5.74, 6) is 6.50. The Bertz CT molecular complexity index is 286. The van der Waals surface area contributed by atoms with E-state index in [2.05, 4.69) is 23.5 Å². The third kappa shape index (κ3) is 17.0. The Morgan fingerprint density at radius 2 is 1.24 bits per heavy atom. The SMILES string of the molecule is CCCCCCC#CCCCCCCCCCC(=O)OC. The summed E-state index contributed by atoms with van der Waals surface area (Å²) in [5, 5.41) is 0. The van der Waals surface area contributed by atoms with Crippen LogP contribution in [0.4, 0.5) is 0 Å². The lowest BCUT2D eigenvalue weighted by molar-refractivity contribution is -0.140. The van der Waals surface area contributed by atoms with Crippen LogP contribution in [0.2, 0.25) is 0 Å². The Labute approximate surface area is 132 Å². The van der Waals surface area contributed by atoms with Gasteiger partial charge in [-0.25, -0.2) is 0 Å². The Hall–Kier alpha value is -0.970. The monoisotopic (exact) mass is 294 g/mol. The maximum Gasteiger partial charge on any atom is 0.305 e. The van der Waals surface area contributed by atoms with Gasteiger partial charge in [0.2, 0.25) is 0 Å². The first-order chi connectivity index (χ1) is 10.3. The molecule has 0 spiro atoms. The second-order valence-electron chi connectivity index (χ2n) is 5.72. The first-order valence-corrected chi connectivity index (χ1v) is 8.83. The van der Waals surface area contributed by atoms with E-state index in [0.717, 1.165) is 25.7 Å². The molecule has 0 saturated carbocycles. The zero-order valence-corrected chi connectivity index (χ0v) is 14.2. The zero-order valence-electron chi connectivity index (χ0n) is 14.2.